The van der Waals surface area contributed by atoms with Crippen LogP contribution < -0.4 is 5.32 Å². The SMILES string of the molecule is O=C(Cc1c[nH]c2ccccc12)NCc1cc(-c2ccc(F)cc2)ncn1. The minimum absolute atomic E-state index is 0.0818. The first-order valence-corrected chi connectivity index (χ1v) is 8.57. The molecule has 0 saturated carbocycles. The molecule has 2 N–H and O–H groups in total. The Labute approximate surface area is 155 Å². The standard InChI is InChI=1S/C21H17FN4O/c22-16-7-5-14(6-8-16)20-10-17(25-13-26-20)12-24-21(27)9-15-11-23-19-4-2-1-3-18(15)19/h1-8,10-11,13,23H,9,12H2,(H,24,27). The van der Waals surface area contributed by atoms with Gasteiger partial charge < -0.3 is 10.3 Å². The lowest BCUT2D eigenvalue weighted by atomic mass is 10.1. The summed E-state index contributed by atoms with van der Waals surface area (Å²) in [4.78, 5) is 23.9. The van der Waals surface area contributed by atoms with Crippen LogP contribution in [0.15, 0.2) is 67.1 Å². The van der Waals surface area contributed by atoms with Gasteiger partial charge in [-0.25, -0.2) is 14.4 Å². The normalized spacial score (nSPS) is 10.9. The van der Waals surface area contributed by atoms with Gasteiger partial charge in [0.25, 0.3) is 0 Å². The zero-order valence-electron chi connectivity index (χ0n) is 14.4. The predicted octanol–water partition coefficient (Wildman–Crippen LogP) is 3.62. The number of aromatic amines is 1. The highest BCUT2D eigenvalue weighted by molar-refractivity contribution is 5.88. The summed E-state index contributed by atoms with van der Waals surface area (Å²) in [5.41, 5.74) is 4.14. The van der Waals surface area contributed by atoms with Gasteiger partial charge in [0.1, 0.15) is 12.1 Å². The first-order valence-electron chi connectivity index (χ1n) is 8.57. The van der Waals surface area contributed by atoms with E-state index in [4.69, 9.17) is 0 Å². The molecule has 0 aliphatic heterocycles. The monoisotopic (exact) mass is 360 g/mol. The van der Waals surface area contributed by atoms with Crippen molar-refractivity contribution in [3.8, 4) is 11.3 Å². The van der Waals surface area contributed by atoms with Crippen LogP contribution >= 0.6 is 0 Å². The average molecular weight is 360 g/mol. The number of carbonyl (C=O) groups is 1. The molecule has 0 fully saturated rings. The van der Waals surface area contributed by atoms with Crippen molar-refractivity contribution in [1.82, 2.24) is 20.3 Å². The van der Waals surface area contributed by atoms with E-state index in [1.54, 1.807) is 18.2 Å². The van der Waals surface area contributed by atoms with Crippen molar-refractivity contribution in [2.24, 2.45) is 0 Å². The van der Waals surface area contributed by atoms with Gasteiger partial charge in [0.15, 0.2) is 0 Å². The Kier molecular flexibility index (Phi) is 4.61. The molecule has 2 aromatic carbocycles. The van der Waals surface area contributed by atoms with Gasteiger partial charge in [-0.3, -0.25) is 4.79 Å². The Morgan fingerprint density at radius 1 is 1.07 bits per heavy atom. The summed E-state index contributed by atoms with van der Waals surface area (Å²) in [6.45, 7) is 0.303. The van der Waals surface area contributed by atoms with E-state index in [0.717, 1.165) is 22.0 Å². The van der Waals surface area contributed by atoms with Gasteiger partial charge in [0.2, 0.25) is 5.91 Å². The highest BCUT2D eigenvalue weighted by Gasteiger charge is 2.09. The average Bonchev–Trinajstić information content (AvgIpc) is 3.10. The van der Waals surface area contributed by atoms with E-state index in [0.29, 0.717) is 24.4 Å². The van der Waals surface area contributed by atoms with Crippen LogP contribution in [-0.4, -0.2) is 20.9 Å². The molecular formula is C21H17FN4O. The number of benzene rings is 2. The zero-order valence-corrected chi connectivity index (χ0v) is 14.4. The number of nitrogens with one attached hydrogen (secondary N) is 2. The number of halogens is 1. The van der Waals surface area contributed by atoms with Gasteiger partial charge in [-0.1, -0.05) is 18.2 Å². The van der Waals surface area contributed by atoms with E-state index in [1.807, 2.05) is 30.5 Å². The third-order valence-corrected chi connectivity index (χ3v) is 4.36. The second-order valence-corrected chi connectivity index (χ2v) is 6.21. The summed E-state index contributed by atoms with van der Waals surface area (Å²) in [5, 5.41) is 3.94. The third kappa shape index (κ3) is 3.84. The molecule has 2 aromatic heterocycles. The summed E-state index contributed by atoms with van der Waals surface area (Å²) in [7, 11) is 0. The Morgan fingerprint density at radius 3 is 2.74 bits per heavy atom. The third-order valence-electron chi connectivity index (χ3n) is 4.36. The van der Waals surface area contributed by atoms with Crippen LogP contribution in [0.3, 0.4) is 0 Å². The number of rotatable bonds is 5. The number of fused-ring (bicyclic) bond motifs is 1. The number of aromatic nitrogens is 3. The number of para-hydroxylation sites is 1. The molecule has 0 saturated heterocycles. The quantitative estimate of drug-likeness (QED) is 0.571. The van der Waals surface area contributed by atoms with E-state index >= 15 is 0 Å². The summed E-state index contributed by atoms with van der Waals surface area (Å²) >= 11 is 0. The van der Waals surface area contributed by atoms with Gasteiger partial charge in [-0.15, -0.1) is 0 Å². The molecule has 0 aliphatic rings. The molecule has 0 spiro atoms. The summed E-state index contributed by atoms with van der Waals surface area (Å²) in [6, 6.07) is 15.8. The van der Waals surface area contributed by atoms with Gasteiger partial charge in [-0.05, 0) is 42.0 Å². The lowest BCUT2D eigenvalue weighted by Gasteiger charge is -2.06. The predicted molar refractivity (Wildman–Crippen MR) is 101 cm³/mol. The molecule has 5 nitrogen and oxygen atoms in total. The fraction of sp³-hybridized carbons (Fsp3) is 0.0952. The Hall–Kier alpha value is -3.54. The van der Waals surface area contributed by atoms with Crippen molar-refractivity contribution in [3.05, 3.63) is 84.2 Å². The fourth-order valence-electron chi connectivity index (χ4n) is 2.98. The van der Waals surface area contributed by atoms with Crippen LogP contribution in [0.25, 0.3) is 22.2 Å². The smallest absolute Gasteiger partial charge is 0.224 e. The molecule has 4 aromatic rings. The van der Waals surface area contributed by atoms with Gasteiger partial charge in [0, 0.05) is 22.7 Å². The number of amides is 1. The molecule has 2 heterocycles. The van der Waals surface area contributed by atoms with Gasteiger partial charge in [0.05, 0.1) is 24.4 Å². The van der Waals surface area contributed by atoms with Crippen molar-refractivity contribution in [2.75, 3.05) is 0 Å². The van der Waals surface area contributed by atoms with Crippen LogP contribution in [0, 0.1) is 5.82 Å². The molecular weight excluding hydrogens is 343 g/mol. The molecule has 0 radical (unpaired) electrons. The van der Waals surface area contributed by atoms with Crippen molar-refractivity contribution in [2.45, 2.75) is 13.0 Å². The molecule has 0 unspecified atom stereocenters. The molecule has 27 heavy (non-hydrogen) atoms. The second-order valence-electron chi connectivity index (χ2n) is 6.21. The van der Waals surface area contributed by atoms with Crippen molar-refractivity contribution >= 4 is 16.8 Å². The number of hydrogen-bond acceptors (Lipinski definition) is 3. The molecule has 1 amide bonds. The zero-order chi connectivity index (χ0) is 18.6. The maximum Gasteiger partial charge on any atom is 0.224 e. The van der Waals surface area contributed by atoms with Gasteiger partial charge in [-0.2, -0.15) is 0 Å². The largest absolute Gasteiger partial charge is 0.361 e. The molecule has 4 rings (SSSR count). The second kappa shape index (κ2) is 7.37. The maximum atomic E-state index is 13.1. The van der Waals surface area contributed by atoms with Crippen molar-refractivity contribution in [1.29, 1.82) is 0 Å². The summed E-state index contributed by atoms with van der Waals surface area (Å²) in [6.07, 6.45) is 3.60. The minimum Gasteiger partial charge on any atom is -0.361 e. The lowest BCUT2D eigenvalue weighted by Crippen LogP contribution is -2.25. The van der Waals surface area contributed by atoms with E-state index in [9.17, 15) is 9.18 Å². The Bertz CT molecular complexity index is 1090. The highest BCUT2D eigenvalue weighted by atomic mass is 19.1. The van der Waals surface area contributed by atoms with Crippen LogP contribution in [0.1, 0.15) is 11.3 Å². The number of hydrogen-bond donors (Lipinski definition) is 2. The fourth-order valence-corrected chi connectivity index (χ4v) is 2.98. The number of carbonyl (C=O) groups excluding carboxylic acids is 1. The first-order chi connectivity index (χ1) is 13.2. The molecule has 6 heteroatoms. The summed E-state index contributed by atoms with van der Waals surface area (Å²) < 4.78 is 13.1. The first kappa shape index (κ1) is 16.9. The van der Waals surface area contributed by atoms with E-state index in [2.05, 4.69) is 20.3 Å². The Balaban J connectivity index is 1.42. The highest BCUT2D eigenvalue weighted by Crippen LogP contribution is 2.19. The van der Waals surface area contributed by atoms with E-state index in [1.165, 1.54) is 18.5 Å². The number of H-pyrrole nitrogens is 1. The van der Waals surface area contributed by atoms with Crippen LogP contribution in [-0.2, 0) is 17.8 Å². The van der Waals surface area contributed by atoms with Crippen molar-refractivity contribution < 1.29 is 9.18 Å². The maximum absolute atomic E-state index is 13.1. The summed E-state index contributed by atoms with van der Waals surface area (Å²) in [5.74, 6) is -0.376. The van der Waals surface area contributed by atoms with Crippen LogP contribution in [0.4, 0.5) is 4.39 Å². The lowest BCUT2D eigenvalue weighted by molar-refractivity contribution is -0.120. The van der Waals surface area contributed by atoms with Crippen molar-refractivity contribution in [3.63, 3.8) is 0 Å². The van der Waals surface area contributed by atoms with Gasteiger partial charge >= 0.3 is 0 Å². The molecule has 0 atom stereocenters. The van der Waals surface area contributed by atoms with Crippen LogP contribution in [0.5, 0.6) is 0 Å². The number of nitrogens with zero attached hydrogens (tertiary/aromatic N) is 2. The molecule has 134 valence electrons. The van der Waals surface area contributed by atoms with E-state index in [-0.39, 0.29) is 11.7 Å². The van der Waals surface area contributed by atoms with Crippen LogP contribution in [0.2, 0.25) is 0 Å². The molecule has 0 aliphatic carbocycles. The van der Waals surface area contributed by atoms with E-state index < -0.39 is 0 Å². The topological polar surface area (TPSA) is 70.7 Å². The molecule has 0 bridgehead atoms. The minimum atomic E-state index is -0.294. The Morgan fingerprint density at radius 2 is 1.89 bits per heavy atom.